The maximum Gasteiger partial charge on any atom is 0.208 e. The van der Waals surface area contributed by atoms with Gasteiger partial charge in [0.2, 0.25) is 12.0 Å². The molecule has 0 spiro atoms. The van der Waals surface area contributed by atoms with E-state index in [1.807, 2.05) is 0 Å². The molecule has 6 heteroatoms. The van der Waals surface area contributed by atoms with Gasteiger partial charge < -0.3 is 5.41 Å². The Bertz CT molecular complexity index is 227. The Morgan fingerprint density at radius 2 is 2.56 bits per heavy atom. The Hall–Kier alpha value is -1.86. The molecule has 0 unspecified atom stereocenters. The highest BCUT2D eigenvalue weighted by atomic mass is 15.8. The topological polar surface area (TPSA) is 86.1 Å². The number of rotatable bonds is 0. The van der Waals surface area contributed by atoms with Crippen LogP contribution < -0.4 is 5.53 Å². The molecule has 1 aliphatic rings. The van der Waals surface area contributed by atoms with Crippen molar-refractivity contribution < 1.29 is 0 Å². The molecule has 6 nitrogen and oxygen atoms in total. The van der Waals surface area contributed by atoms with E-state index in [1.165, 1.54) is 0 Å². The van der Waals surface area contributed by atoms with Gasteiger partial charge in [0.25, 0.3) is 0 Å². The lowest BCUT2D eigenvalue weighted by molar-refractivity contribution is 0.407. The average Bonchev–Trinajstić information content (AvgIpc) is 2.33. The molecular weight excluding hydrogens is 120 g/mol. The minimum Gasteiger partial charge on any atom is -0.760 e. The highest BCUT2D eigenvalue weighted by molar-refractivity contribution is 5.60. The standard InChI is InChI=1S/C3HN6/c4-1-3-6-7-8-9(3)2-5/h(H,6,8)/q-1. The van der Waals surface area contributed by atoms with Gasteiger partial charge in [-0.15, -0.1) is 10.1 Å². The first-order valence-corrected chi connectivity index (χ1v) is 2.02. The predicted octanol–water partition coefficient (Wildman–Crippen LogP) is -0.265. The quantitative estimate of drug-likeness (QED) is 0.353. The van der Waals surface area contributed by atoms with Crippen LogP contribution in [0.4, 0.5) is 0 Å². The fourth-order valence-corrected chi connectivity index (χ4v) is 0.349. The van der Waals surface area contributed by atoms with Gasteiger partial charge in [0.05, 0.1) is 0 Å². The zero-order valence-electron chi connectivity index (χ0n) is 4.24. The van der Waals surface area contributed by atoms with Crippen LogP contribution in [0.3, 0.4) is 0 Å². The molecule has 0 aromatic rings. The third-order valence-corrected chi connectivity index (χ3v) is 0.701. The minimum absolute atomic E-state index is 0.0440. The molecule has 0 amide bonds. The molecule has 1 rings (SSSR count). The smallest absolute Gasteiger partial charge is 0.208 e. The van der Waals surface area contributed by atoms with E-state index in [9.17, 15) is 0 Å². The van der Waals surface area contributed by atoms with Crippen LogP contribution >= 0.6 is 0 Å². The lowest BCUT2D eigenvalue weighted by atomic mass is 10.8. The van der Waals surface area contributed by atoms with Gasteiger partial charge >= 0.3 is 0 Å². The van der Waals surface area contributed by atoms with E-state index in [0.717, 1.165) is 5.01 Å². The molecule has 0 aromatic carbocycles. The van der Waals surface area contributed by atoms with Crippen LogP contribution in [-0.4, -0.2) is 10.9 Å². The van der Waals surface area contributed by atoms with Crippen LogP contribution in [0.25, 0.3) is 5.41 Å². The number of nitrogens with one attached hydrogen (secondary N) is 1. The van der Waals surface area contributed by atoms with E-state index in [1.54, 1.807) is 12.1 Å². The van der Waals surface area contributed by atoms with Crippen LogP contribution in [0.5, 0.6) is 0 Å². The Morgan fingerprint density at radius 1 is 1.78 bits per heavy atom. The maximum atomic E-state index is 8.19. The molecule has 1 N–H and O–H groups in total. The maximum absolute atomic E-state index is 8.19. The molecule has 0 radical (unpaired) electrons. The molecule has 0 bridgehead atoms. The van der Waals surface area contributed by atoms with E-state index < -0.39 is 0 Å². The Balaban J connectivity index is 2.87. The van der Waals surface area contributed by atoms with E-state index in [2.05, 4.69) is 15.9 Å². The Kier molecular flexibility index (Phi) is 1.14. The lowest BCUT2D eigenvalue weighted by Crippen LogP contribution is -2.22. The molecule has 0 atom stereocenters. The lowest BCUT2D eigenvalue weighted by Gasteiger charge is -2.01. The number of hydrogen-bond donors (Lipinski definition) is 1. The molecule has 44 valence electrons. The third-order valence-electron chi connectivity index (χ3n) is 0.701. The van der Waals surface area contributed by atoms with E-state index in [-0.39, 0.29) is 5.82 Å². The molecule has 1 aliphatic heterocycles. The Labute approximate surface area is 50.5 Å². The second-order valence-electron chi connectivity index (χ2n) is 1.17. The Morgan fingerprint density at radius 3 is 3.00 bits per heavy atom. The minimum atomic E-state index is -0.0440. The van der Waals surface area contributed by atoms with Gasteiger partial charge in [-0.05, 0) is 5.22 Å². The summed E-state index contributed by atoms with van der Waals surface area (Å²) in [4.78, 5) is 0. The first-order chi connectivity index (χ1) is 4.38. The van der Waals surface area contributed by atoms with Crippen molar-refractivity contribution in [3.05, 3.63) is 11.2 Å². The second kappa shape index (κ2) is 1.94. The van der Waals surface area contributed by atoms with E-state index >= 15 is 0 Å². The summed E-state index contributed by atoms with van der Waals surface area (Å²) in [5, 5.41) is 23.7. The van der Waals surface area contributed by atoms with Gasteiger partial charge in [-0.1, -0.05) is 0 Å². The highest BCUT2D eigenvalue weighted by Gasteiger charge is 2.09. The third kappa shape index (κ3) is 0.714. The molecule has 9 heavy (non-hydrogen) atoms. The van der Waals surface area contributed by atoms with Crippen LogP contribution in [0.2, 0.25) is 0 Å². The fourth-order valence-electron chi connectivity index (χ4n) is 0.349. The van der Waals surface area contributed by atoms with Crippen LogP contribution in [0.15, 0.2) is 16.2 Å². The summed E-state index contributed by atoms with van der Waals surface area (Å²) in [7, 11) is 0. The van der Waals surface area contributed by atoms with Crippen molar-refractivity contribution in [2.75, 3.05) is 0 Å². The SMILES string of the molecule is N#CN1NN=NC1=C=[N-]. The summed E-state index contributed by atoms with van der Waals surface area (Å²) in [5.74, 6) is 1.62. The molecule has 1 heterocycles. The largest absolute Gasteiger partial charge is 0.760 e. The summed E-state index contributed by atoms with van der Waals surface area (Å²) in [6, 6.07) is 0. The van der Waals surface area contributed by atoms with E-state index in [4.69, 9.17) is 10.7 Å². The van der Waals surface area contributed by atoms with Gasteiger partial charge in [0.1, 0.15) is 0 Å². The van der Waals surface area contributed by atoms with Gasteiger partial charge in [-0.2, -0.15) is 10.8 Å². The van der Waals surface area contributed by atoms with Gasteiger partial charge in [-0.3, -0.25) is 0 Å². The molecule has 0 saturated carbocycles. The normalized spacial score (nSPS) is 14.6. The van der Waals surface area contributed by atoms with Crippen molar-refractivity contribution in [2.24, 2.45) is 10.3 Å². The van der Waals surface area contributed by atoms with Gasteiger partial charge in [-0.25, -0.2) is 5.87 Å². The van der Waals surface area contributed by atoms with Crippen molar-refractivity contribution in [1.29, 1.82) is 5.26 Å². The number of hydrogen-bond acceptors (Lipinski definition) is 5. The number of nitrogens with zero attached hydrogens (tertiary/aromatic N) is 5. The van der Waals surface area contributed by atoms with Crippen LogP contribution in [0.1, 0.15) is 0 Å². The van der Waals surface area contributed by atoms with Crippen molar-refractivity contribution in [2.45, 2.75) is 0 Å². The summed E-state index contributed by atoms with van der Waals surface area (Å²) >= 11 is 0. The molecule has 0 fully saturated rings. The number of hydrazine groups is 1. The van der Waals surface area contributed by atoms with Gasteiger partial charge in [0.15, 0.2) is 0 Å². The first kappa shape index (κ1) is 5.28. The zero-order valence-corrected chi connectivity index (χ0v) is 4.24. The first-order valence-electron chi connectivity index (χ1n) is 2.02. The van der Waals surface area contributed by atoms with Crippen molar-refractivity contribution in [3.63, 3.8) is 0 Å². The second-order valence-corrected chi connectivity index (χ2v) is 1.17. The van der Waals surface area contributed by atoms with Crippen molar-refractivity contribution in [3.8, 4) is 6.19 Å². The van der Waals surface area contributed by atoms with Crippen LogP contribution in [-0.2, 0) is 0 Å². The summed E-state index contributed by atoms with van der Waals surface area (Å²) in [6.45, 7) is 0. The molecular formula is C3HN6-. The molecule has 0 saturated heterocycles. The highest BCUT2D eigenvalue weighted by Crippen LogP contribution is 2.02. The average molecular weight is 121 g/mol. The van der Waals surface area contributed by atoms with Crippen molar-refractivity contribution >= 4 is 5.87 Å². The summed E-state index contributed by atoms with van der Waals surface area (Å²) < 4.78 is 0. The predicted molar refractivity (Wildman–Crippen MR) is 27.3 cm³/mol. The summed E-state index contributed by atoms with van der Waals surface area (Å²) in [6.07, 6.45) is 1.64. The van der Waals surface area contributed by atoms with Gasteiger partial charge in [0, 0.05) is 0 Å². The van der Waals surface area contributed by atoms with Crippen LogP contribution in [0, 0.1) is 11.5 Å². The molecule has 0 aliphatic carbocycles. The summed E-state index contributed by atoms with van der Waals surface area (Å²) in [5.41, 5.74) is 2.18. The van der Waals surface area contributed by atoms with E-state index in [0.29, 0.717) is 0 Å². The number of nitriles is 1. The van der Waals surface area contributed by atoms with Crippen molar-refractivity contribution in [1.82, 2.24) is 10.5 Å². The monoisotopic (exact) mass is 121 g/mol. The zero-order chi connectivity index (χ0) is 6.69. The molecule has 0 aromatic heterocycles. The fraction of sp³-hybridized carbons (Fsp3) is 0.